The normalized spacial score (nSPS) is 11.8. The van der Waals surface area contributed by atoms with Crippen LogP contribution in [-0.4, -0.2) is 14.8 Å². The van der Waals surface area contributed by atoms with Crippen LogP contribution in [0.25, 0.3) is 0 Å². The number of aromatic amines is 1. The van der Waals surface area contributed by atoms with Gasteiger partial charge in [0.15, 0.2) is 5.82 Å². The second kappa shape index (κ2) is 8.09. The average Bonchev–Trinajstić information content (AvgIpc) is 2.85. The molecule has 0 fully saturated rings. The smallest absolute Gasteiger partial charge is 0.343 e. The molecule has 0 saturated carbocycles. The van der Waals surface area contributed by atoms with E-state index in [-0.39, 0.29) is 17.7 Å². The third-order valence-electron chi connectivity index (χ3n) is 4.34. The molecule has 5 nitrogen and oxygen atoms in total. The summed E-state index contributed by atoms with van der Waals surface area (Å²) in [4.78, 5) is 11.5. The molecule has 2 rings (SSSR count). The molecule has 2 aromatic rings. The number of H-pyrrole nitrogens is 1. The van der Waals surface area contributed by atoms with Crippen molar-refractivity contribution in [3.63, 3.8) is 0 Å². The summed E-state index contributed by atoms with van der Waals surface area (Å²) in [6, 6.07) is 4.06. The van der Waals surface area contributed by atoms with Crippen LogP contribution in [0.5, 0.6) is 5.75 Å². The van der Waals surface area contributed by atoms with Gasteiger partial charge >= 0.3 is 5.69 Å². The van der Waals surface area contributed by atoms with E-state index in [1.165, 1.54) is 23.0 Å². The van der Waals surface area contributed by atoms with Gasteiger partial charge in [-0.3, -0.25) is 4.57 Å². The van der Waals surface area contributed by atoms with Gasteiger partial charge in [-0.15, -0.1) is 0 Å². The van der Waals surface area contributed by atoms with E-state index < -0.39 is 0 Å². The standard InChI is InChI=1S/C19H28ClN3O2/c1-6-7-8-9-13-10-14(19(2,3)4)16(11-15(13)20)25-12-17-21-22-18(24)23(17)5/h10-11H,6-9,12H2,1-5H3,(H,22,24). The molecule has 1 heterocycles. The molecule has 1 aromatic carbocycles. The topological polar surface area (TPSA) is 59.9 Å². The van der Waals surface area contributed by atoms with Gasteiger partial charge < -0.3 is 4.74 Å². The van der Waals surface area contributed by atoms with Gasteiger partial charge in [-0.2, -0.15) is 5.10 Å². The first-order valence-corrected chi connectivity index (χ1v) is 9.17. The van der Waals surface area contributed by atoms with E-state index in [1.54, 1.807) is 7.05 Å². The maximum Gasteiger partial charge on any atom is 0.343 e. The van der Waals surface area contributed by atoms with Crippen LogP contribution in [0.3, 0.4) is 0 Å². The molecule has 0 saturated heterocycles. The van der Waals surface area contributed by atoms with Crippen molar-refractivity contribution in [1.29, 1.82) is 0 Å². The number of hydrogen-bond acceptors (Lipinski definition) is 3. The van der Waals surface area contributed by atoms with Crippen molar-refractivity contribution in [1.82, 2.24) is 14.8 Å². The Morgan fingerprint density at radius 3 is 2.56 bits per heavy atom. The van der Waals surface area contributed by atoms with Gasteiger partial charge in [0.05, 0.1) is 0 Å². The summed E-state index contributed by atoms with van der Waals surface area (Å²) in [5.41, 5.74) is 1.96. The van der Waals surface area contributed by atoms with Gasteiger partial charge in [0.2, 0.25) is 0 Å². The molecule has 6 heteroatoms. The first kappa shape index (κ1) is 19.6. The van der Waals surface area contributed by atoms with E-state index in [4.69, 9.17) is 16.3 Å². The van der Waals surface area contributed by atoms with Crippen molar-refractivity contribution >= 4 is 11.6 Å². The molecule has 0 aliphatic rings. The van der Waals surface area contributed by atoms with Gasteiger partial charge in [-0.05, 0) is 35.4 Å². The van der Waals surface area contributed by atoms with Gasteiger partial charge in [-0.25, -0.2) is 9.89 Å². The van der Waals surface area contributed by atoms with Crippen molar-refractivity contribution in [3.05, 3.63) is 44.6 Å². The van der Waals surface area contributed by atoms with E-state index >= 15 is 0 Å². The largest absolute Gasteiger partial charge is 0.485 e. The van der Waals surface area contributed by atoms with Crippen molar-refractivity contribution in [3.8, 4) is 5.75 Å². The summed E-state index contributed by atoms with van der Waals surface area (Å²) in [6.07, 6.45) is 4.50. The van der Waals surface area contributed by atoms with Crippen LogP contribution in [0.1, 0.15) is 63.9 Å². The fourth-order valence-electron chi connectivity index (χ4n) is 2.71. The molecule has 0 spiro atoms. The van der Waals surface area contributed by atoms with Crippen LogP contribution in [-0.2, 0) is 25.5 Å². The predicted molar refractivity (Wildman–Crippen MR) is 102 cm³/mol. The lowest BCUT2D eigenvalue weighted by Gasteiger charge is -2.24. The molecule has 0 unspecified atom stereocenters. The van der Waals surface area contributed by atoms with Crippen molar-refractivity contribution in [2.75, 3.05) is 0 Å². The number of ether oxygens (including phenoxy) is 1. The Morgan fingerprint density at radius 1 is 1.28 bits per heavy atom. The Morgan fingerprint density at radius 2 is 2.00 bits per heavy atom. The Hall–Kier alpha value is -1.75. The zero-order chi connectivity index (χ0) is 18.6. The van der Waals surface area contributed by atoms with Gasteiger partial charge in [0.1, 0.15) is 12.4 Å². The van der Waals surface area contributed by atoms with Crippen molar-refractivity contribution in [2.45, 2.75) is 65.4 Å². The van der Waals surface area contributed by atoms with Crippen molar-refractivity contribution < 1.29 is 4.74 Å². The van der Waals surface area contributed by atoms with E-state index in [0.717, 1.165) is 29.2 Å². The fourth-order valence-corrected chi connectivity index (χ4v) is 2.96. The first-order valence-electron chi connectivity index (χ1n) is 8.80. The molecule has 0 aliphatic heterocycles. The number of halogens is 1. The number of hydrogen-bond donors (Lipinski definition) is 1. The molecule has 0 radical (unpaired) electrons. The van der Waals surface area contributed by atoms with E-state index in [0.29, 0.717) is 5.82 Å². The van der Waals surface area contributed by atoms with Crippen LogP contribution >= 0.6 is 11.6 Å². The number of benzene rings is 1. The summed E-state index contributed by atoms with van der Waals surface area (Å²) in [5, 5.41) is 7.13. The summed E-state index contributed by atoms with van der Waals surface area (Å²) in [6.45, 7) is 8.88. The molecule has 1 aromatic heterocycles. The number of nitrogens with zero attached hydrogens (tertiary/aromatic N) is 2. The molecule has 138 valence electrons. The minimum absolute atomic E-state index is 0.0725. The number of aromatic nitrogens is 3. The molecule has 0 aliphatic carbocycles. The number of rotatable bonds is 7. The monoisotopic (exact) mass is 365 g/mol. The highest BCUT2D eigenvalue weighted by Crippen LogP contribution is 2.36. The van der Waals surface area contributed by atoms with E-state index in [9.17, 15) is 4.79 Å². The summed E-state index contributed by atoms with van der Waals surface area (Å²) in [7, 11) is 1.67. The van der Waals surface area contributed by atoms with E-state index in [2.05, 4.69) is 44.0 Å². The molecule has 1 N–H and O–H groups in total. The molecular formula is C19H28ClN3O2. The van der Waals surface area contributed by atoms with Crippen LogP contribution < -0.4 is 10.4 Å². The summed E-state index contributed by atoms with van der Waals surface area (Å²) in [5.74, 6) is 1.29. The van der Waals surface area contributed by atoms with Gasteiger partial charge in [-0.1, -0.05) is 58.2 Å². The second-order valence-electron chi connectivity index (χ2n) is 7.44. The van der Waals surface area contributed by atoms with Crippen LogP contribution in [0.2, 0.25) is 5.02 Å². The quantitative estimate of drug-likeness (QED) is 0.741. The third kappa shape index (κ3) is 4.88. The first-order chi connectivity index (χ1) is 11.7. The minimum Gasteiger partial charge on any atom is -0.485 e. The third-order valence-corrected chi connectivity index (χ3v) is 4.69. The SMILES string of the molecule is CCCCCc1cc(C(C)(C)C)c(OCc2n[nH]c(=O)n2C)cc1Cl. The molecule has 25 heavy (non-hydrogen) atoms. The average molecular weight is 366 g/mol. The van der Waals surface area contributed by atoms with Gasteiger partial charge in [0, 0.05) is 12.1 Å². The lowest BCUT2D eigenvalue weighted by Crippen LogP contribution is -2.17. The molecular weight excluding hydrogens is 338 g/mol. The van der Waals surface area contributed by atoms with E-state index in [1.807, 2.05) is 6.07 Å². The van der Waals surface area contributed by atoms with Crippen LogP contribution in [0, 0.1) is 0 Å². The molecule has 0 atom stereocenters. The highest BCUT2D eigenvalue weighted by molar-refractivity contribution is 6.31. The second-order valence-corrected chi connectivity index (χ2v) is 7.85. The van der Waals surface area contributed by atoms with Gasteiger partial charge in [0.25, 0.3) is 0 Å². The van der Waals surface area contributed by atoms with Crippen LogP contribution in [0.4, 0.5) is 0 Å². The molecule has 0 bridgehead atoms. The Kier molecular flexibility index (Phi) is 6.33. The lowest BCUT2D eigenvalue weighted by molar-refractivity contribution is 0.283. The highest BCUT2D eigenvalue weighted by atomic mass is 35.5. The Bertz CT molecular complexity index is 772. The highest BCUT2D eigenvalue weighted by Gasteiger charge is 2.22. The zero-order valence-corrected chi connectivity index (χ0v) is 16.5. The Labute approximate surface area is 154 Å². The maximum absolute atomic E-state index is 11.5. The summed E-state index contributed by atoms with van der Waals surface area (Å²) >= 11 is 6.49. The number of nitrogens with one attached hydrogen (secondary N) is 1. The maximum atomic E-state index is 11.5. The van der Waals surface area contributed by atoms with Crippen molar-refractivity contribution in [2.24, 2.45) is 7.05 Å². The number of unbranched alkanes of at least 4 members (excludes halogenated alkanes) is 2. The number of aryl methyl sites for hydroxylation is 1. The fraction of sp³-hybridized carbons (Fsp3) is 0.579. The molecule has 0 amide bonds. The lowest BCUT2D eigenvalue weighted by atomic mass is 9.85. The predicted octanol–water partition coefficient (Wildman–Crippen LogP) is 4.37. The van der Waals surface area contributed by atoms with Crippen LogP contribution in [0.15, 0.2) is 16.9 Å². The minimum atomic E-state index is -0.251. The zero-order valence-electron chi connectivity index (χ0n) is 15.8. The Balaban J connectivity index is 2.28. The summed E-state index contributed by atoms with van der Waals surface area (Å²) < 4.78 is 7.42.